The maximum atomic E-state index is 13.0. The summed E-state index contributed by atoms with van der Waals surface area (Å²) < 4.78 is 10.9. The van der Waals surface area contributed by atoms with Gasteiger partial charge in [0, 0.05) is 22.0 Å². The fourth-order valence-corrected chi connectivity index (χ4v) is 7.64. The smallest absolute Gasteiger partial charge is 0.369 e. The van der Waals surface area contributed by atoms with Crippen LogP contribution >= 0.6 is 59.0 Å². The van der Waals surface area contributed by atoms with Crippen LogP contribution in [0.15, 0.2) is 72.8 Å². The number of halogens is 3. The average Bonchev–Trinajstić information content (AvgIpc) is 3.76. The van der Waals surface area contributed by atoms with E-state index in [4.69, 9.17) is 9.47 Å². The second-order valence-corrected chi connectivity index (χ2v) is 20.1. The van der Waals surface area contributed by atoms with E-state index < -0.39 is 5.41 Å². The number of Topliss-reactive ketones (excluding diaryl/α,β-unsaturated/α-hetero) is 2. The van der Waals surface area contributed by atoms with Crippen molar-refractivity contribution >= 4 is 73.8 Å². The van der Waals surface area contributed by atoms with Crippen LogP contribution in [0.4, 0.5) is 0 Å². The van der Waals surface area contributed by atoms with Crippen LogP contribution in [0.5, 0.6) is 23.0 Å². The highest BCUT2D eigenvalue weighted by Crippen LogP contribution is 2.49. The third-order valence-corrected chi connectivity index (χ3v) is 9.63. The number of thioether (sulfide) groups is 1. The summed E-state index contributed by atoms with van der Waals surface area (Å²) in [5.41, 5.74) is 7.66. The number of ether oxygens (including phenoxy) is 2. The number of phenolic OH excluding ortho intramolecular Hbond substituents is 2. The van der Waals surface area contributed by atoms with E-state index in [-0.39, 0.29) is 31.7 Å². The van der Waals surface area contributed by atoms with Crippen LogP contribution in [0.3, 0.4) is 0 Å². The molecule has 0 bridgehead atoms. The zero-order valence-electron chi connectivity index (χ0n) is 27.8. The number of methoxy groups -OCH3 is 2. The van der Waals surface area contributed by atoms with Crippen LogP contribution in [-0.4, -0.2) is 51.7 Å². The Labute approximate surface area is 317 Å². The molecule has 0 heterocycles. The summed E-state index contributed by atoms with van der Waals surface area (Å²) in [6.45, 7) is 0. The molecule has 2 spiro atoms. The topological polar surface area (TPSA) is 93.1 Å². The lowest BCUT2D eigenvalue weighted by Gasteiger charge is -2.20. The van der Waals surface area contributed by atoms with E-state index in [1.165, 1.54) is 11.1 Å². The van der Waals surface area contributed by atoms with E-state index in [2.05, 4.69) is 59.4 Å². The molecule has 4 aliphatic carbocycles. The van der Waals surface area contributed by atoms with Gasteiger partial charge in [0.05, 0.1) is 14.2 Å². The van der Waals surface area contributed by atoms with E-state index >= 15 is 0 Å². The lowest BCUT2D eigenvalue weighted by atomic mass is 9.81. The van der Waals surface area contributed by atoms with Gasteiger partial charge in [-0.25, -0.2) is 0 Å². The molecule has 0 fully saturated rings. The summed E-state index contributed by atoms with van der Waals surface area (Å²) in [6.07, 6.45) is 8.57. The van der Waals surface area contributed by atoms with Crippen molar-refractivity contribution in [3.63, 3.8) is 0 Å². The first-order chi connectivity index (χ1) is 23.4. The quantitative estimate of drug-likeness (QED) is 0.195. The number of ketones is 2. The van der Waals surface area contributed by atoms with Crippen molar-refractivity contribution in [2.75, 3.05) is 26.7 Å². The zero-order valence-corrected chi connectivity index (χ0v) is 33.4. The highest BCUT2D eigenvalue weighted by atomic mass is 79.9. The summed E-state index contributed by atoms with van der Waals surface area (Å²) in [5, 5.41) is 19.2. The van der Waals surface area contributed by atoms with E-state index in [0.29, 0.717) is 12.8 Å². The highest BCUT2D eigenvalue weighted by molar-refractivity contribution is 9.69. The van der Waals surface area contributed by atoms with Crippen LogP contribution in [0.25, 0.3) is 0 Å². The molecule has 0 aromatic heterocycles. The minimum Gasteiger partial charge on any atom is -0.508 e. The molecule has 0 radical (unpaired) electrons. The van der Waals surface area contributed by atoms with Crippen LogP contribution in [0.2, 0.25) is 0 Å². The molecule has 0 aliphatic heterocycles. The first-order valence-corrected chi connectivity index (χ1v) is 20.1. The number of rotatable bonds is 2. The van der Waals surface area contributed by atoms with Gasteiger partial charge in [0.2, 0.25) is 0 Å². The summed E-state index contributed by atoms with van der Waals surface area (Å²) in [7, 11) is 3.33. The van der Waals surface area contributed by atoms with Crippen LogP contribution in [-0.2, 0) is 38.5 Å². The second-order valence-electron chi connectivity index (χ2n) is 12.9. The minimum absolute atomic E-state index is 0.170. The normalized spacial score (nSPS) is 20.1. The van der Waals surface area contributed by atoms with Crippen molar-refractivity contribution in [1.29, 1.82) is 0 Å². The molecule has 0 saturated carbocycles. The van der Waals surface area contributed by atoms with E-state index in [1.807, 2.05) is 42.8 Å². The standard InChI is InChI=1S/C19H18O3.C17H14O3.C2H6S.BBr3/c1-21-15-4-3-12-9-19(10-13(12)7-15)11-14-8-16(22-2)5-6-17(14)18(19)20;18-13-2-1-10-7-17(8-11(10)5-13)9-12-6-14(19)3-4-15(12)16(17)20;1-3-2;2-1(3)4/h3-8H,9-11H2,1-2H3;1-6,18-19H,7-9H2;1-2H3;. The van der Waals surface area contributed by atoms with Gasteiger partial charge in [-0.3, -0.25) is 9.59 Å². The fourth-order valence-electron chi connectivity index (χ4n) is 7.64. The highest BCUT2D eigenvalue weighted by Gasteiger charge is 2.50. The Kier molecular flexibility index (Phi) is 12.0. The molecule has 4 aliphatic rings. The lowest BCUT2D eigenvalue weighted by molar-refractivity contribution is 0.0825. The van der Waals surface area contributed by atoms with Gasteiger partial charge in [0.25, 0.3) is 0 Å². The fraction of sp³-hybridized carbons (Fsp3) is 0.316. The van der Waals surface area contributed by atoms with Gasteiger partial charge in [-0.15, -0.1) is 47.3 Å². The molecule has 2 unspecified atom stereocenters. The van der Waals surface area contributed by atoms with E-state index in [1.54, 1.807) is 56.3 Å². The summed E-state index contributed by atoms with van der Waals surface area (Å²) in [4.78, 5) is 25.7. The number of hydrogen-bond donors (Lipinski definition) is 2. The summed E-state index contributed by atoms with van der Waals surface area (Å²) in [5.74, 6) is 2.59. The van der Waals surface area contributed by atoms with Crippen LogP contribution < -0.4 is 9.47 Å². The Morgan fingerprint density at radius 3 is 1.41 bits per heavy atom. The average molecular weight is 873 g/mol. The van der Waals surface area contributed by atoms with Gasteiger partial charge in [0.15, 0.2) is 11.6 Å². The molecule has 2 N–H and O–H groups in total. The van der Waals surface area contributed by atoms with Gasteiger partial charge in [-0.1, -0.05) is 12.1 Å². The van der Waals surface area contributed by atoms with Gasteiger partial charge in [-0.2, -0.15) is 11.8 Å². The van der Waals surface area contributed by atoms with E-state index in [9.17, 15) is 19.8 Å². The lowest BCUT2D eigenvalue weighted by Crippen LogP contribution is -2.28. The van der Waals surface area contributed by atoms with Gasteiger partial charge >= 0.3 is 3.18 Å². The van der Waals surface area contributed by atoms with Crippen LogP contribution in [0.1, 0.15) is 54.1 Å². The molecule has 4 aromatic carbocycles. The first-order valence-electron chi connectivity index (χ1n) is 15.7. The molecule has 0 amide bonds. The molecule has 256 valence electrons. The third-order valence-electron chi connectivity index (χ3n) is 9.63. The Hall–Kier alpha value is -2.73. The Bertz CT molecular complexity index is 1870. The molecule has 49 heavy (non-hydrogen) atoms. The maximum absolute atomic E-state index is 13.0. The van der Waals surface area contributed by atoms with Crippen molar-refractivity contribution < 1.29 is 29.3 Å². The van der Waals surface area contributed by atoms with Crippen molar-refractivity contribution in [2.45, 2.75) is 38.5 Å². The van der Waals surface area contributed by atoms with Crippen LogP contribution in [0, 0.1) is 10.8 Å². The number of hydrogen-bond acceptors (Lipinski definition) is 7. The predicted molar refractivity (Wildman–Crippen MR) is 210 cm³/mol. The SMILES string of the molecule is BrB(Br)Br.COc1ccc2c(c1)CC1(C2)Cc2cc(OC)ccc2C1=O.CSC.O=C1c2ccc(O)cc2CC12Cc1ccc(O)cc1C2. The predicted octanol–water partition coefficient (Wildman–Crippen LogP) is 8.98. The number of fused-ring (bicyclic) bond motifs is 4. The molecule has 8 rings (SSSR count). The number of carbonyl (C=O) groups excluding carboxylic acids is 2. The molecular formula is C38H38BBr3O6S. The van der Waals surface area contributed by atoms with Gasteiger partial charge in [-0.05, 0) is 145 Å². The summed E-state index contributed by atoms with van der Waals surface area (Å²) in [6, 6.07) is 22.3. The van der Waals surface area contributed by atoms with Gasteiger partial charge < -0.3 is 19.7 Å². The Morgan fingerprint density at radius 1 is 0.571 bits per heavy atom. The van der Waals surface area contributed by atoms with Crippen molar-refractivity contribution in [1.82, 2.24) is 0 Å². The number of benzene rings is 4. The Balaban J connectivity index is 0.000000162. The van der Waals surface area contributed by atoms with Crippen molar-refractivity contribution in [3.8, 4) is 23.0 Å². The molecular weight excluding hydrogens is 835 g/mol. The minimum atomic E-state index is -0.410. The molecule has 2 atom stereocenters. The number of carbonyl (C=O) groups is 2. The zero-order chi connectivity index (χ0) is 35.5. The molecule has 6 nitrogen and oxygen atoms in total. The Morgan fingerprint density at radius 2 is 0.898 bits per heavy atom. The van der Waals surface area contributed by atoms with Gasteiger partial charge in [0.1, 0.15) is 23.0 Å². The van der Waals surface area contributed by atoms with Crippen molar-refractivity contribution in [2.24, 2.45) is 10.8 Å². The maximum Gasteiger partial charge on any atom is 0.369 e. The largest absolute Gasteiger partial charge is 0.508 e. The van der Waals surface area contributed by atoms with E-state index in [0.717, 1.165) is 70.6 Å². The third kappa shape index (κ3) is 7.95. The molecule has 4 aromatic rings. The summed E-state index contributed by atoms with van der Waals surface area (Å²) >= 11 is 11.1. The molecule has 0 saturated heterocycles. The first kappa shape index (κ1) is 37.5. The van der Waals surface area contributed by atoms with Crippen molar-refractivity contribution in [3.05, 3.63) is 117 Å². The number of aromatic hydroxyl groups is 2. The second kappa shape index (κ2) is 15.7. The molecule has 11 heteroatoms. The number of phenols is 2. The monoisotopic (exact) mass is 870 g/mol.